The molecule has 1 fully saturated rings. The van der Waals surface area contributed by atoms with Crippen molar-refractivity contribution in [2.24, 2.45) is 5.41 Å². The third-order valence-corrected chi connectivity index (χ3v) is 4.34. The van der Waals surface area contributed by atoms with Crippen molar-refractivity contribution in [1.29, 1.82) is 0 Å². The average molecular weight is 231 g/mol. The molecule has 0 radical (unpaired) electrons. The van der Waals surface area contributed by atoms with Gasteiger partial charge in [-0.2, -0.15) is 0 Å². The van der Waals surface area contributed by atoms with Gasteiger partial charge in [-0.05, 0) is 67.8 Å². The molecule has 1 unspecified atom stereocenters. The van der Waals surface area contributed by atoms with Crippen LogP contribution >= 0.6 is 0 Å². The van der Waals surface area contributed by atoms with Gasteiger partial charge in [0.2, 0.25) is 0 Å². The van der Waals surface area contributed by atoms with Crippen molar-refractivity contribution >= 4 is 0 Å². The zero-order chi connectivity index (χ0) is 12.6. The van der Waals surface area contributed by atoms with E-state index in [9.17, 15) is 0 Å². The molecule has 2 rings (SSSR count). The molecule has 0 aliphatic heterocycles. The minimum atomic E-state index is 0.489. The molecule has 0 heterocycles. The van der Waals surface area contributed by atoms with Crippen LogP contribution in [0.4, 0.5) is 0 Å². The van der Waals surface area contributed by atoms with Crippen LogP contribution in [0.1, 0.15) is 55.0 Å². The Balaban J connectivity index is 2.39. The van der Waals surface area contributed by atoms with Gasteiger partial charge in [0.15, 0.2) is 0 Å². The van der Waals surface area contributed by atoms with E-state index < -0.39 is 0 Å². The van der Waals surface area contributed by atoms with E-state index in [1.54, 1.807) is 0 Å². The maximum Gasteiger partial charge on any atom is 0.0377 e. The highest BCUT2D eigenvalue weighted by Crippen LogP contribution is 2.54. The van der Waals surface area contributed by atoms with E-state index in [2.05, 4.69) is 52.1 Å². The van der Waals surface area contributed by atoms with E-state index in [0.29, 0.717) is 11.5 Å². The van der Waals surface area contributed by atoms with Crippen molar-refractivity contribution in [2.45, 2.75) is 53.5 Å². The van der Waals surface area contributed by atoms with Gasteiger partial charge in [-0.15, -0.1) is 0 Å². The van der Waals surface area contributed by atoms with Crippen molar-refractivity contribution < 1.29 is 0 Å². The first-order chi connectivity index (χ1) is 7.98. The van der Waals surface area contributed by atoms with E-state index in [1.807, 2.05) is 0 Å². The molecule has 1 saturated carbocycles. The highest BCUT2D eigenvalue weighted by Gasteiger charge is 2.45. The number of nitrogens with one attached hydrogen (secondary N) is 1. The van der Waals surface area contributed by atoms with E-state index >= 15 is 0 Å². The van der Waals surface area contributed by atoms with Crippen LogP contribution in [-0.2, 0) is 0 Å². The molecule has 94 valence electrons. The molecule has 1 aromatic carbocycles. The maximum absolute atomic E-state index is 3.69. The fourth-order valence-electron chi connectivity index (χ4n) is 2.72. The molecule has 0 aromatic heterocycles. The fourth-order valence-corrected chi connectivity index (χ4v) is 2.72. The molecular weight excluding hydrogens is 206 g/mol. The maximum atomic E-state index is 3.69. The van der Waals surface area contributed by atoms with Crippen LogP contribution in [0.3, 0.4) is 0 Å². The van der Waals surface area contributed by atoms with Crippen LogP contribution in [0.2, 0.25) is 0 Å². The predicted molar refractivity (Wildman–Crippen MR) is 74.4 cm³/mol. The summed E-state index contributed by atoms with van der Waals surface area (Å²) in [6.45, 7) is 12.3. The normalized spacial score (nSPS) is 19.1. The van der Waals surface area contributed by atoms with Gasteiger partial charge < -0.3 is 5.32 Å². The average Bonchev–Trinajstić information content (AvgIpc) is 3.00. The third-order valence-electron chi connectivity index (χ3n) is 4.34. The molecule has 1 aliphatic rings. The summed E-state index contributed by atoms with van der Waals surface area (Å²) in [6.07, 6.45) is 2.72. The molecule has 1 heteroatoms. The van der Waals surface area contributed by atoms with Gasteiger partial charge in [0, 0.05) is 6.04 Å². The predicted octanol–water partition coefficient (Wildman–Crippen LogP) is 4.06. The Morgan fingerprint density at radius 3 is 2.24 bits per heavy atom. The van der Waals surface area contributed by atoms with Crippen molar-refractivity contribution in [3.05, 3.63) is 34.4 Å². The lowest BCUT2D eigenvalue weighted by Crippen LogP contribution is -2.28. The van der Waals surface area contributed by atoms with E-state index in [0.717, 1.165) is 6.54 Å². The molecule has 0 bridgehead atoms. The zero-order valence-electron chi connectivity index (χ0n) is 11.9. The summed E-state index contributed by atoms with van der Waals surface area (Å²) in [7, 11) is 0. The Hall–Kier alpha value is -0.820. The first-order valence-electron chi connectivity index (χ1n) is 6.79. The van der Waals surface area contributed by atoms with E-state index in [4.69, 9.17) is 0 Å². The van der Waals surface area contributed by atoms with Crippen LogP contribution in [-0.4, -0.2) is 6.54 Å². The molecular formula is C16H25N. The first kappa shape index (κ1) is 12.6. The smallest absolute Gasteiger partial charge is 0.0377 e. The highest BCUT2D eigenvalue weighted by atomic mass is 14.9. The molecule has 0 saturated heterocycles. The van der Waals surface area contributed by atoms with Crippen molar-refractivity contribution in [1.82, 2.24) is 5.32 Å². The largest absolute Gasteiger partial charge is 0.310 e. The van der Waals surface area contributed by atoms with Crippen LogP contribution in [0.5, 0.6) is 0 Å². The van der Waals surface area contributed by atoms with Gasteiger partial charge >= 0.3 is 0 Å². The van der Waals surface area contributed by atoms with Gasteiger partial charge in [-0.3, -0.25) is 0 Å². The summed E-state index contributed by atoms with van der Waals surface area (Å²) < 4.78 is 0. The monoisotopic (exact) mass is 231 g/mol. The topological polar surface area (TPSA) is 12.0 Å². The second-order valence-corrected chi connectivity index (χ2v) is 5.94. The fraction of sp³-hybridized carbons (Fsp3) is 0.625. The molecule has 0 amide bonds. The quantitative estimate of drug-likeness (QED) is 0.824. The number of hydrogen-bond acceptors (Lipinski definition) is 1. The summed E-state index contributed by atoms with van der Waals surface area (Å²) in [5.41, 5.74) is 6.25. The minimum absolute atomic E-state index is 0.489. The second-order valence-electron chi connectivity index (χ2n) is 5.94. The lowest BCUT2D eigenvalue weighted by atomic mass is 9.87. The molecule has 1 atom stereocenters. The molecule has 1 N–H and O–H groups in total. The Morgan fingerprint density at radius 1 is 1.12 bits per heavy atom. The van der Waals surface area contributed by atoms with Crippen LogP contribution in [0.25, 0.3) is 0 Å². The lowest BCUT2D eigenvalue weighted by Gasteiger charge is -2.27. The van der Waals surface area contributed by atoms with E-state index in [1.165, 1.54) is 35.1 Å². The summed E-state index contributed by atoms with van der Waals surface area (Å²) >= 11 is 0. The zero-order valence-corrected chi connectivity index (χ0v) is 11.9. The van der Waals surface area contributed by atoms with Gasteiger partial charge in [-0.25, -0.2) is 0 Å². The van der Waals surface area contributed by atoms with Crippen LogP contribution in [0.15, 0.2) is 12.1 Å². The summed E-state index contributed by atoms with van der Waals surface area (Å²) in [4.78, 5) is 0. The molecule has 1 aromatic rings. The minimum Gasteiger partial charge on any atom is -0.310 e. The van der Waals surface area contributed by atoms with Crippen molar-refractivity contribution in [2.75, 3.05) is 6.54 Å². The summed E-state index contributed by atoms with van der Waals surface area (Å²) in [6, 6.07) is 5.26. The van der Waals surface area contributed by atoms with Gasteiger partial charge in [0.25, 0.3) is 0 Å². The number of rotatable bonds is 4. The summed E-state index contributed by atoms with van der Waals surface area (Å²) in [5.74, 6) is 0. The van der Waals surface area contributed by atoms with Crippen LogP contribution in [0, 0.1) is 26.2 Å². The summed E-state index contributed by atoms with van der Waals surface area (Å²) in [5, 5.41) is 3.69. The highest BCUT2D eigenvalue weighted by molar-refractivity contribution is 5.39. The first-order valence-corrected chi connectivity index (χ1v) is 6.79. The Kier molecular flexibility index (Phi) is 3.31. The molecule has 17 heavy (non-hydrogen) atoms. The number of hydrogen-bond donors (Lipinski definition) is 1. The molecule has 1 aliphatic carbocycles. The Bertz CT molecular complexity index is 416. The van der Waals surface area contributed by atoms with Crippen molar-refractivity contribution in [3.63, 3.8) is 0 Å². The SMILES string of the molecule is CCNC(c1cc(C)c(C)cc1C)C1(C)CC1. The third kappa shape index (κ3) is 2.40. The van der Waals surface area contributed by atoms with Crippen molar-refractivity contribution in [3.8, 4) is 0 Å². The molecule has 0 spiro atoms. The lowest BCUT2D eigenvalue weighted by molar-refractivity contribution is 0.372. The van der Waals surface area contributed by atoms with Gasteiger partial charge in [0.1, 0.15) is 0 Å². The second kappa shape index (κ2) is 4.45. The molecule has 1 nitrogen and oxygen atoms in total. The van der Waals surface area contributed by atoms with Gasteiger partial charge in [-0.1, -0.05) is 26.0 Å². The number of aryl methyl sites for hydroxylation is 3. The Morgan fingerprint density at radius 2 is 1.71 bits per heavy atom. The Labute approximate surface area is 106 Å². The van der Waals surface area contributed by atoms with E-state index in [-0.39, 0.29) is 0 Å². The standard InChI is InChI=1S/C16H25N/c1-6-17-15(16(5)7-8-16)14-10-12(3)11(2)9-13(14)4/h9-10,15,17H,6-8H2,1-5H3. The number of benzene rings is 1. The van der Waals surface area contributed by atoms with Gasteiger partial charge in [0.05, 0.1) is 0 Å². The van der Waals surface area contributed by atoms with Crippen LogP contribution < -0.4 is 5.32 Å².